The van der Waals surface area contributed by atoms with Crippen LogP contribution in [0.5, 0.6) is 0 Å². The number of carbonyl (C=O) groups is 1. The molecule has 0 aliphatic carbocycles. The SMILES string of the molecule is CCN1CCC(C(CN2CCNCC2)C(=O)OC)CC1. The van der Waals surface area contributed by atoms with Gasteiger partial charge in [-0.2, -0.15) is 0 Å². The molecule has 1 N–H and O–H groups in total. The largest absolute Gasteiger partial charge is 0.469 e. The minimum absolute atomic E-state index is 0.0153. The highest BCUT2D eigenvalue weighted by molar-refractivity contribution is 5.73. The zero-order valence-electron chi connectivity index (χ0n) is 12.9. The maximum Gasteiger partial charge on any atom is 0.310 e. The zero-order valence-corrected chi connectivity index (χ0v) is 12.9. The molecular formula is C15H29N3O2. The van der Waals surface area contributed by atoms with Crippen molar-refractivity contribution in [3.8, 4) is 0 Å². The van der Waals surface area contributed by atoms with Crippen LogP contribution in [0.2, 0.25) is 0 Å². The highest BCUT2D eigenvalue weighted by atomic mass is 16.5. The molecule has 2 saturated heterocycles. The van der Waals surface area contributed by atoms with Crippen LogP contribution in [-0.4, -0.2) is 75.2 Å². The molecule has 2 rings (SSSR count). The first-order chi connectivity index (χ1) is 9.74. The number of rotatable bonds is 5. The fourth-order valence-electron chi connectivity index (χ4n) is 3.41. The van der Waals surface area contributed by atoms with Gasteiger partial charge in [-0.05, 0) is 38.4 Å². The molecule has 1 unspecified atom stereocenters. The Hall–Kier alpha value is -0.650. The Morgan fingerprint density at radius 2 is 1.85 bits per heavy atom. The van der Waals surface area contributed by atoms with Crippen LogP contribution in [0.15, 0.2) is 0 Å². The number of hydrogen-bond donors (Lipinski definition) is 1. The topological polar surface area (TPSA) is 44.8 Å². The quantitative estimate of drug-likeness (QED) is 0.741. The van der Waals surface area contributed by atoms with Gasteiger partial charge < -0.3 is 15.0 Å². The second-order valence-electron chi connectivity index (χ2n) is 5.95. The van der Waals surface area contributed by atoms with Gasteiger partial charge >= 0.3 is 5.97 Å². The van der Waals surface area contributed by atoms with Gasteiger partial charge in [0.25, 0.3) is 0 Å². The van der Waals surface area contributed by atoms with Crippen LogP contribution in [0, 0.1) is 11.8 Å². The van der Waals surface area contributed by atoms with E-state index in [4.69, 9.17) is 4.74 Å². The summed E-state index contributed by atoms with van der Waals surface area (Å²) in [5.74, 6) is 0.524. The van der Waals surface area contributed by atoms with Gasteiger partial charge in [0.05, 0.1) is 13.0 Å². The average Bonchev–Trinajstić information content (AvgIpc) is 2.53. The second-order valence-corrected chi connectivity index (χ2v) is 5.95. The summed E-state index contributed by atoms with van der Waals surface area (Å²) >= 11 is 0. The van der Waals surface area contributed by atoms with E-state index in [1.807, 2.05) is 0 Å². The minimum atomic E-state index is -0.0153. The summed E-state index contributed by atoms with van der Waals surface area (Å²) < 4.78 is 5.07. The van der Waals surface area contributed by atoms with Gasteiger partial charge in [0, 0.05) is 32.7 Å². The molecule has 1 atom stereocenters. The third-order valence-corrected chi connectivity index (χ3v) is 4.82. The maximum absolute atomic E-state index is 12.2. The van der Waals surface area contributed by atoms with Crippen molar-refractivity contribution in [2.24, 2.45) is 11.8 Å². The van der Waals surface area contributed by atoms with Gasteiger partial charge in [0.1, 0.15) is 0 Å². The van der Waals surface area contributed by atoms with E-state index in [0.29, 0.717) is 5.92 Å². The van der Waals surface area contributed by atoms with E-state index < -0.39 is 0 Å². The predicted molar refractivity (Wildman–Crippen MR) is 79.7 cm³/mol. The van der Waals surface area contributed by atoms with E-state index in [1.54, 1.807) is 0 Å². The van der Waals surface area contributed by atoms with Crippen LogP contribution >= 0.6 is 0 Å². The lowest BCUT2D eigenvalue weighted by Crippen LogP contribution is -2.48. The van der Waals surface area contributed by atoms with Gasteiger partial charge in [0.2, 0.25) is 0 Å². The van der Waals surface area contributed by atoms with Crippen LogP contribution < -0.4 is 5.32 Å². The third-order valence-electron chi connectivity index (χ3n) is 4.82. The molecule has 20 heavy (non-hydrogen) atoms. The highest BCUT2D eigenvalue weighted by Gasteiger charge is 2.33. The summed E-state index contributed by atoms with van der Waals surface area (Å²) in [5.41, 5.74) is 0. The average molecular weight is 283 g/mol. The molecular weight excluding hydrogens is 254 g/mol. The summed E-state index contributed by atoms with van der Waals surface area (Å²) in [6, 6.07) is 0. The van der Waals surface area contributed by atoms with Crippen molar-refractivity contribution < 1.29 is 9.53 Å². The van der Waals surface area contributed by atoms with Gasteiger partial charge in [0.15, 0.2) is 0 Å². The van der Waals surface area contributed by atoms with Gasteiger partial charge in [-0.25, -0.2) is 0 Å². The van der Waals surface area contributed by atoms with E-state index in [0.717, 1.165) is 65.2 Å². The molecule has 116 valence electrons. The minimum Gasteiger partial charge on any atom is -0.469 e. The van der Waals surface area contributed by atoms with Crippen LogP contribution in [0.4, 0.5) is 0 Å². The molecule has 2 heterocycles. The lowest BCUT2D eigenvalue weighted by Gasteiger charge is -2.37. The summed E-state index contributed by atoms with van der Waals surface area (Å²) in [6.07, 6.45) is 2.25. The first-order valence-electron chi connectivity index (χ1n) is 7.97. The Morgan fingerprint density at radius 3 is 2.40 bits per heavy atom. The summed E-state index contributed by atoms with van der Waals surface area (Å²) in [4.78, 5) is 17.0. The van der Waals surface area contributed by atoms with E-state index in [1.165, 1.54) is 7.11 Å². The van der Waals surface area contributed by atoms with Crippen molar-refractivity contribution in [1.29, 1.82) is 0 Å². The molecule has 0 aromatic carbocycles. The van der Waals surface area contributed by atoms with Gasteiger partial charge in [-0.1, -0.05) is 6.92 Å². The number of carbonyl (C=O) groups excluding carboxylic acids is 1. The molecule has 0 spiro atoms. The Balaban J connectivity index is 1.91. The third kappa shape index (κ3) is 4.17. The zero-order chi connectivity index (χ0) is 14.4. The Kier molecular flexibility index (Phi) is 6.26. The Morgan fingerprint density at radius 1 is 1.20 bits per heavy atom. The fraction of sp³-hybridized carbons (Fsp3) is 0.933. The molecule has 5 nitrogen and oxygen atoms in total. The highest BCUT2D eigenvalue weighted by Crippen LogP contribution is 2.27. The second kappa shape index (κ2) is 7.96. The number of esters is 1. The molecule has 2 aliphatic rings. The van der Waals surface area contributed by atoms with Crippen molar-refractivity contribution in [3.63, 3.8) is 0 Å². The molecule has 0 radical (unpaired) electrons. The first-order valence-corrected chi connectivity index (χ1v) is 7.97. The van der Waals surface area contributed by atoms with E-state index in [-0.39, 0.29) is 11.9 Å². The lowest BCUT2D eigenvalue weighted by molar-refractivity contribution is -0.149. The molecule has 0 aromatic heterocycles. The summed E-state index contributed by atoms with van der Waals surface area (Å²) in [7, 11) is 1.52. The van der Waals surface area contributed by atoms with Crippen molar-refractivity contribution >= 4 is 5.97 Å². The number of ether oxygens (including phenoxy) is 1. The number of likely N-dealkylation sites (tertiary alicyclic amines) is 1. The smallest absolute Gasteiger partial charge is 0.310 e. The number of piperazine rings is 1. The van der Waals surface area contributed by atoms with Crippen LogP contribution in [-0.2, 0) is 9.53 Å². The number of nitrogens with one attached hydrogen (secondary N) is 1. The first kappa shape index (κ1) is 15.7. The number of methoxy groups -OCH3 is 1. The van der Waals surface area contributed by atoms with Crippen molar-refractivity contribution in [3.05, 3.63) is 0 Å². The predicted octanol–water partition coefficient (Wildman–Crippen LogP) is 0.413. The molecule has 0 aromatic rings. The van der Waals surface area contributed by atoms with Crippen LogP contribution in [0.3, 0.4) is 0 Å². The van der Waals surface area contributed by atoms with Crippen molar-refractivity contribution in [1.82, 2.24) is 15.1 Å². The molecule has 0 saturated carbocycles. The number of piperidine rings is 1. The summed E-state index contributed by atoms with van der Waals surface area (Å²) in [6.45, 7) is 10.6. The Bertz CT molecular complexity index is 297. The fourth-order valence-corrected chi connectivity index (χ4v) is 3.41. The molecule has 0 amide bonds. The number of hydrogen-bond acceptors (Lipinski definition) is 5. The maximum atomic E-state index is 12.2. The van der Waals surface area contributed by atoms with E-state index in [2.05, 4.69) is 22.0 Å². The molecule has 2 aliphatic heterocycles. The standard InChI is InChI=1S/C15H29N3O2/c1-3-17-8-4-13(5-9-17)14(15(19)20-2)12-18-10-6-16-7-11-18/h13-14,16H,3-12H2,1-2H3. The van der Waals surface area contributed by atoms with Crippen molar-refractivity contribution in [2.45, 2.75) is 19.8 Å². The summed E-state index contributed by atoms with van der Waals surface area (Å²) in [5, 5.41) is 3.36. The number of nitrogens with zero attached hydrogens (tertiary/aromatic N) is 2. The molecule has 5 heteroatoms. The molecule has 2 fully saturated rings. The Labute approximate surface area is 122 Å². The van der Waals surface area contributed by atoms with E-state index >= 15 is 0 Å². The molecule has 0 bridgehead atoms. The lowest BCUT2D eigenvalue weighted by atomic mass is 9.83. The van der Waals surface area contributed by atoms with Crippen LogP contribution in [0.1, 0.15) is 19.8 Å². The van der Waals surface area contributed by atoms with E-state index in [9.17, 15) is 4.79 Å². The monoisotopic (exact) mass is 283 g/mol. The van der Waals surface area contributed by atoms with Crippen LogP contribution in [0.25, 0.3) is 0 Å². The van der Waals surface area contributed by atoms with Gasteiger partial charge in [-0.15, -0.1) is 0 Å². The van der Waals surface area contributed by atoms with Crippen molar-refractivity contribution in [2.75, 3.05) is 59.5 Å². The normalized spacial score (nSPS) is 24.5. The van der Waals surface area contributed by atoms with Gasteiger partial charge in [-0.3, -0.25) is 9.69 Å².